The quantitative estimate of drug-likeness (QED) is 0.725. The summed E-state index contributed by atoms with van der Waals surface area (Å²) in [6, 6.07) is 3.84. The molecular formula is C17H24BrNO3. The molecule has 0 heterocycles. The van der Waals surface area contributed by atoms with E-state index in [2.05, 4.69) is 22.9 Å². The van der Waals surface area contributed by atoms with E-state index in [1.807, 2.05) is 24.9 Å². The zero-order chi connectivity index (χ0) is 16.3. The summed E-state index contributed by atoms with van der Waals surface area (Å²) in [6.45, 7) is 4.77. The van der Waals surface area contributed by atoms with Gasteiger partial charge in [-0.1, -0.05) is 6.92 Å². The molecule has 1 aromatic rings. The second-order valence-electron chi connectivity index (χ2n) is 5.83. The van der Waals surface area contributed by atoms with E-state index in [0.29, 0.717) is 29.6 Å². The minimum Gasteiger partial charge on any atom is -0.493 e. The van der Waals surface area contributed by atoms with Crippen molar-refractivity contribution in [1.82, 2.24) is 4.90 Å². The molecule has 1 saturated carbocycles. The van der Waals surface area contributed by atoms with Crippen molar-refractivity contribution in [3.63, 3.8) is 0 Å². The van der Waals surface area contributed by atoms with Crippen LogP contribution in [0.15, 0.2) is 16.6 Å². The maximum Gasteiger partial charge on any atom is 0.254 e. The summed E-state index contributed by atoms with van der Waals surface area (Å²) in [4.78, 5) is 14.5. The third-order valence-electron chi connectivity index (χ3n) is 4.16. The Hall–Kier alpha value is -1.23. The number of nitrogens with zero attached hydrogens (tertiary/aromatic N) is 1. The molecule has 0 bridgehead atoms. The summed E-state index contributed by atoms with van der Waals surface area (Å²) >= 11 is 3.49. The minimum absolute atomic E-state index is 0.0143. The van der Waals surface area contributed by atoms with Crippen molar-refractivity contribution >= 4 is 21.8 Å². The summed E-state index contributed by atoms with van der Waals surface area (Å²) in [5.41, 5.74) is 0.613. The molecule has 1 unspecified atom stereocenters. The van der Waals surface area contributed by atoms with Crippen molar-refractivity contribution in [3.05, 3.63) is 22.2 Å². The van der Waals surface area contributed by atoms with Gasteiger partial charge in [-0.15, -0.1) is 0 Å². The summed E-state index contributed by atoms with van der Waals surface area (Å²) < 4.78 is 11.8. The van der Waals surface area contributed by atoms with Gasteiger partial charge < -0.3 is 14.4 Å². The first kappa shape index (κ1) is 17.1. The summed E-state index contributed by atoms with van der Waals surface area (Å²) in [6.07, 6.45) is 3.35. The van der Waals surface area contributed by atoms with Gasteiger partial charge in [-0.25, -0.2) is 0 Å². The van der Waals surface area contributed by atoms with Crippen molar-refractivity contribution in [2.75, 3.05) is 20.8 Å². The minimum atomic E-state index is 0.0143. The molecule has 0 N–H and O–H groups in total. The van der Waals surface area contributed by atoms with Crippen LogP contribution < -0.4 is 9.47 Å². The highest BCUT2D eigenvalue weighted by atomic mass is 79.9. The number of rotatable bonds is 7. The van der Waals surface area contributed by atoms with Crippen LogP contribution in [0, 0.1) is 5.92 Å². The fraction of sp³-hybridized carbons (Fsp3) is 0.588. The lowest BCUT2D eigenvalue weighted by molar-refractivity contribution is 0.0727. The molecule has 0 saturated heterocycles. The van der Waals surface area contributed by atoms with Gasteiger partial charge in [0.2, 0.25) is 0 Å². The van der Waals surface area contributed by atoms with Crippen molar-refractivity contribution in [2.24, 2.45) is 5.92 Å². The maximum atomic E-state index is 12.7. The summed E-state index contributed by atoms with van der Waals surface area (Å²) in [5, 5.41) is 0. The fourth-order valence-corrected chi connectivity index (χ4v) is 3.03. The zero-order valence-corrected chi connectivity index (χ0v) is 15.3. The largest absolute Gasteiger partial charge is 0.493 e. The highest BCUT2D eigenvalue weighted by Gasteiger charge is 2.33. The molecule has 1 aliphatic carbocycles. The number of halogens is 1. The van der Waals surface area contributed by atoms with Crippen molar-refractivity contribution in [2.45, 2.75) is 39.2 Å². The SMILES string of the molecule is CCCOc1c(Br)cc(C(=O)N(C)C(C)C2CC2)cc1OC. The van der Waals surface area contributed by atoms with E-state index in [1.54, 1.807) is 13.2 Å². The molecule has 0 spiro atoms. The van der Waals surface area contributed by atoms with Gasteiger partial charge in [-0.05, 0) is 60.2 Å². The Morgan fingerprint density at radius 1 is 1.45 bits per heavy atom. The van der Waals surface area contributed by atoms with Gasteiger partial charge in [0.25, 0.3) is 5.91 Å². The van der Waals surface area contributed by atoms with Crippen LogP contribution in [-0.4, -0.2) is 37.6 Å². The first-order chi connectivity index (χ1) is 10.5. The van der Waals surface area contributed by atoms with Crippen LogP contribution >= 0.6 is 15.9 Å². The molecule has 22 heavy (non-hydrogen) atoms. The van der Waals surface area contributed by atoms with E-state index >= 15 is 0 Å². The number of hydrogen-bond acceptors (Lipinski definition) is 3. The molecule has 1 aromatic carbocycles. The smallest absolute Gasteiger partial charge is 0.254 e. The summed E-state index contributed by atoms with van der Waals surface area (Å²) in [5.74, 6) is 1.89. The van der Waals surface area contributed by atoms with Crippen LogP contribution in [0.4, 0.5) is 0 Å². The Labute approximate surface area is 140 Å². The third kappa shape index (κ3) is 3.75. The predicted molar refractivity (Wildman–Crippen MR) is 90.8 cm³/mol. The molecule has 122 valence electrons. The Balaban J connectivity index is 2.23. The molecule has 1 fully saturated rings. The molecule has 0 radical (unpaired) electrons. The lowest BCUT2D eigenvalue weighted by Crippen LogP contribution is -2.36. The van der Waals surface area contributed by atoms with Gasteiger partial charge in [0.05, 0.1) is 18.2 Å². The Kier molecular flexibility index (Phi) is 5.73. The highest BCUT2D eigenvalue weighted by Crippen LogP contribution is 2.38. The molecule has 1 amide bonds. The van der Waals surface area contributed by atoms with Crippen LogP contribution in [0.25, 0.3) is 0 Å². The Bertz CT molecular complexity index is 543. The lowest BCUT2D eigenvalue weighted by atomic mass is 10.1. The highest BCUT2D eigenvalue weighted by molar-refractivity contribution is 9.10. The van der Waals surface area contributed by atoms with Gasteiger partial charge in [0.15, 0.2) is 11.5 Å². The molecular weight excluding hydrogens is 346 g/mol. The van der Waals surface area contributed by atoms with E-state index in [0.717, 1.165) is 10.9 Å². The van der Waals surface area contributed by atoms with Gasteiger partial charge >= 0.3 is 0 Å². The zero-order valence-electron chi connectivity index (χ0n) is 13.7. The van der Waals surface area contributed by atoms with E-state index < -0.39 is 0 Å². The number of carbonyl (C=O) groups is 1. The van der Waals surface area contributed by atoms with Gasteiger partial charge in [0.1, 0.15) is 0 Å². The van der Waals surface area contributed by atoms with Crippen LogP contribution in [0.2, 0.25) is 0 Å². The van der Waals surface area contributed by atoms with Crippen LogP contribution in [0.1, 0.15) is 43.5 Å². The first-order valence-electron chi connectivity index (χ1n) is 7.77. The number of carbonyl (C=O) groups excluding carboxylic acids is 1. The fourth-order valence-electron chi connectivity index (χ4n) is 2.47. The van der Waals surface area contributed by atoms with Gasteiger partial charge in [0, 0.05) is 18.7 Å². The third-order valence-corrected chi connectivity index (χ3v) is 4.75. The average molecular weight is 370 g/mol. The number of hydrogen-bond donors (Lipinski definition) is 0. The lowest BCUT2D eigenvalue weighted by Gasteiger charge is -2.25. The van der Waals surface area contributed by atoms with Crippen LogP contribution in [-0.2, 0) is 0 Å². The van der Waals surface area contributed by atoms with Gasteiger partial charge in [-0.2, -0.15) is 0 Å². The van der Waals surface area contributed by atoms with Crippen molar-refractivity contribution in [3.8, 4) is 11.5 Å². The van der Waals surface area contributed by atoms with E-state index in [1.165, 1.54) is 12.8 Å². The first-order valence-corrected chi connectivity index (χ1v) is 8.56. The van der Waals surface area contributed by atoms with Crippen LogP contribution in [0.5, 0.6) is 11.5 Å². The van der Waals surface area contributed by atoms with E-state index in [9.17, 15) is 4.79 Å². The standard InChI is InChI=1S/C17H24BrNO3/c1-5-8-22-16-14(18)9-13(10-15(16)21-4)17(20)19(3)11(2)12-6-7-12/h9-12H,5-8H2,1-4H3. The molecule has 5 heteroatoms. The van der Waals surface area contributed by atoms with Crippen molar-refractivity contribution < 1.29 is 14.3 Å². The average Bonchev–Trinajstić information content (AvgIpc) is 3.35. The molecule has 1 atom stereocenters. The molecule has 4 nitrogen and oxygen atoms in total. The van der Waals surface area contributed by atoms with E-state index in [4.69, 9.17) is 9.47 Å². The molecule has 1 aliphatic rings. The number of ether oxygens (including phenoxy) is 2. The summed E-state index contributed by atoms with van der Waals surface area (Å²) in [7, 11) is 3.46. The maximum absolute atomic E-state index is 12.7. The number of amides is 1. The number of methoxy groups -OCH3 is 1. The van der Waals surface area contributed by atoms with E-state index in [-0.39, 0.29) is 11.9 Å². The Morgan fingerprint density at radius 2 is 2.14 bits per heavy atom. The Morgan fingerprint density at radius 3 is 2.68 bits per heavy atom. The second-order valence-corrected chi connectivity index (χ2v) is 6.69. The van der Waals surface area contributed by atoms with Crippen molar-refractivity contribution in [1.29, 1.82) is 0 Å². The second kappa shape index (κ2) is 7.36. The molecule has 2 rings (SSSR count). The van der Waals surface area contributed by atoms with Gasteiger partial charge in [-0.3, -0.25) is 4.79 Å². The predicted octanol–water partition coefficient (Wildman–Crippen LogP) is 4.12. The molecule has 0 aliphatic heterocycles. The van der Waals surface area contributed by atoms with Crippen LogP contribution in [0.3, 0.4) is 0 Å². The topological polar surface area (TPSA) is 38.8 Å². The molecule has 0 aromatic heterocycles. The monoisotopic (exact) mass is 369 g/mol. The number of benzene rings is 1. The normalized spacial score (nSPS) is 15.3.